The quantitative estimate of drug-likeness (QED) is 0.885. The van der Waals surface area contributed by atoms with Crippen LogP contribution in [0, 0.1) is 17.8 Å². The fourth-order valence-electron chi connectivity index (χ4n) is 4.56. The fourth-order valence-corrected chi connectivity index (χ4v) is 4.56. The average Bonchev–Trinajstić information content (AvgIpc) is 3.21. The van der Waals surface area contributed by atoms with Gasteiger partial charge in [-0.25, -0.2) is 0 Å². The zero-order valence-corrected chi connectivity index (χ0v) is 12.4. The third-order valence-electron chi connectivity index (χ3n) is 5.63. The first kappa shape index (κ1) is 12.9. The second kappa shape index (κ2) is 4.90. The number of hydrogen-bond acceptors (Lipinski definition) is 1. The summed E-state index contributed by atoms with van der Waals surface area (Å²) in [6, 6.07) is 8.25. The SMILES string of the molecule is CC(NC(=O)c1c[nH]c2ccccc12)C1CC2CCC1C2. The van der Waals surface area contributed by atoms with Crippen LogP contribution in [0.3, 0.4) is 0 Å². The number of amides is 1. The molecule has 2 N–H and O–H groups in total. The van der Waals surface area contributed by atoms with Crippen LogP contribution in [0.1, 0.15) is 43.0 Å². The molecule has 3 heteroatoms. The summed E-state index contributed by atoms with van der Waals surface area (Å²) in [5.74, 6) is 2.50. The van der Waals surface area contributed by atoms with E-state index in [1.165, 1.54) is 25.7 Å². The van der Waals surface area contributed by atoms with Gasteiger partial charge in [0.05, 0.1) is 5.56 Å². The number of aromatic amines is 1. The van der Waals surface area contributed by atoms with Crippen LogP contribution in [0.25, 0.3) is 10.9 Å². The van der Waals surface area contributed by atoms with Crippen LogP contribution in [-0.2, 0) is 0 Å². The number of fused-ring (bicyclic) bond motifs is 3. The van der Waals surface area contributed by atoms with Gasteiger partial charge in [-0.2, -0.15) is 0 Å². The number of carbonyl (C=O) groups excluding carboxylic acids is 1. The Morgan fingerprint density at radius 1 is 1.29 bits per heavy atom. The van der Waals surface area contributed by atoms with Crippen molar-refractivity contribution in [3.63, 3.8) is 0 Å². The number of nitrogens with one attached hydrogen (secondary N) is 2. The van der Waals surface area contributed by atoms with E-state index in [4.69, 9.17) is 0 Å². The summed E-state index contributed by atoms with van der Waals surface area (Å²) in [4.78, 5) is 15.7. The monoisotopic (exact) mass is 282 g/mol. The van der Waals surface area contributed by atoms with Gasteiger partial charge in [0.25, 0.3) is 5.91 Å². The maximum atomic E-state index is 12.6. The van der Waals surface area contributed by atoms with Crippen LogP contribution < -0.4 is 5.32 Å². The molecule has 1 heterocycles. The molecular formula is C18H22N2O. The number of benzene rings is 1. The van der Waals surface area contributed by atoms with Gasteiger partial charge in [-0.05, 0) is 50.0 Å². The largest absolute Gasteiger partial charge is 0.360 e. The lowest BCUT2D eigenvalue weighted by molar-refractivity contribution is 0.0917. The number of H-pyrrole nitrogens is 1. The molecule has 0 spiro atoms. The molecule has 2 aliphatic rings. The Hall–Kier alpha value is -1.77. The minimum Gasteiger partial charge on any atom is -0.360 e. The molecule has 1 aromatic heterocycles. The van der Waals surface area contributed by atoms with E-state index < -0.39 is 0 Å². The zero-order valence-electron chi connectivity index (χ0n) is 12.4. The van der Waals surface area contributed by atoms with Crippen molar-refractivity contribution in [1.29, 1.82) is 0 Å². The highest BCUT2D eigenvalue weighted by Gasteiger charge is 2.42. The first-order chi connectivity index (χ1) is 10.2. The summed E-state index contributed by atoms with van der Waals surface area (Å²) >= 11 is 0. The third kappa shape index (κ3) is 2.15. The number of aromatic nitrogens is 1. The van der Waals surface area contributed by atoms with Crippen molar-refractivity contribution >= 4 is 16.8 Å². The van der Waals surface area contributed by atoms with Crippen molar-refractivity contribution in [2.45, 2.75) is 38.6 Å². The number of para-hydroxylation sites is 1. The lowest BCUT2D eigenvalue weighted by Gasteiger charge is -2.28. The van der Waals surface area contributed by atoms with E-state index in [9.17, 15) is 4.79 Å². The molecule has 3 nitrogen and oxygen atoms in total. The first-order valence-electron chi connectivity index (χ1n) is 8.09. The summed E-state index contributed by atoms with van der Waals surface area (Å²) < 4.78 is 0. The molecule has 2 fully saturated rings. The Morgan fingerprint density at radius 3 is 2.90 bits per heavy atom. The highest BCUT2D eigenvalue weighted by Crippen LogP contribution is 2.49. The van der Waals surface area contributed by atoms with Gasteiger partial charge in [-0.1, -0.05) is 24.6 Å². The topological polar surface area (TPSA) is 44.9 Å². The van der Waals surface area contributed by atoms with E-state index in [2.05, 4.69) is 17.2 Å². The van der Waals surface area contributed by atoms with Crippen molar-refractivity contribution in [3.8, 4) is 0 Å². The van der Waals surface area contributed by atoms with Gasteiger partial charge in [-0.15, -0.1) is 0 Å². The Morgan fingerprint density at radius 2 is 2.14 bits per heavy atom. The molecule has 0 aliphatic heterocycles. The van der Waals surface area contributed by atoms with E-state index in [1.54, 1.807) is 0 Å². The molecule has 4 atom stereocenters. The van der Waals surface area contributed by atoms with Crippen molar-refractivity contribution in [2.24, 2.45) is 17.8 Å². The van der Waals surface area contributed by atoms with Gasteiger partial charge in [0.15, 0.2) is 0 Å². The minimum atomic E-state index is 0.0581. The van der Waals surface area contributed by atoms with Gasteiger partial charge < -0.3 is 10.3 Å². The first-order valence-corrected chi connectivity index (χ1v) is 8.09. The van der Waals surface area contributed by atoms with Crippen molar-refractivity contribution in [1.82, 2.24) is 10.3 Å². The smallest absolute Gasteiger partial charge is 0.253 e. The van der Waals surface area contributed by atoms with Crippen molar-refractivity contribution in [3.05, 3.63) is 36.0 Å². The second-order valence-corrected chi connectivity index (χ2v) is 6.85. The third-order valence-corrected chi connectivity index (χ3v) is 5.63. The normalized spacial score (nSPS) is 28.9. The minimum absolute atomic E-state index is 0.0581. The molecular weight excluding hydrogens is 260 g/mol. The van der Waals surface area contributed by atoms with Crippen LogP contribution in [-0.4, -0.2) is 16.9 Å². The maximum Gasteiger partial charge on any atom is 0.253 e. The molecule has 4 rings (SSSR count). The summed E-state index contributed by atoms with van der Waals surface area (Å²) in [5.41, 5.74) is 1.79. The maximum absolute atomic E-state index is 12.6. The fraction of sp³-hybridized carbons (Fsp3) is 0.500. The molecule has 21 heavy (non-hydrogen) atoms. The predicted molar refractivity (Wildman–Crippen MR) is 84.2 cm³/mol. The lowest BCUT2D eigenvalue weighted by Crippen LogP contribution is -2.40. The van der Waals surface area contributed by atoms with Crippen LogP contribution in [0.2, 0.25) is 0 Å². The molecule has 0 saturated heterocycles. The lowest BCUT2D eigenvalue weighted by atomic mass is 9.84. The highest BCUT2D eigenvalue weighted by molar-refractivity contribution is 6.06. The Balaban J connectivity index is 1.50. The molecule has 1 aromatic carbocycles. The number of hydrogen-bond donors (Lipinski definition) is 2. The van der Waals surface area contributed by atoms with E-state index in [0.717, 1.165) is 28.3 Å². The van der Waals surface area contributed by atoms with E-state index >= 15 is 0 Å². The Kier molecular flexibility index (Phi) is 3.02. The van der Waals surface area contributed by atoms with Gasteiger partial charge in [0.1, 0.15) is 0 Å². The highest BCUT2D eigenvalue weighted by atomic mass is 16.1. The summed E-state index contributed by atoms with van der Waals surface area (Å²) in [5, 5.41) is 4.25. The van der Waals surface area contributed by atoms with Crippen molar-refractivity contribution in [2.75, 3.05) is 0 Å². The standard InChI is InChI=1S/C18H22N2O/c1-11(15-9-12-6-7-13(15)8-12)20-18(21)16-10-19-17-5-3-2-4-14(16)17/h2-5,10-13,15,19H,6-9H2,1H3,(H,20,21). The molecule has 2 aliphatic carbocycles. The Labute approximate surface area is 125 Å². The molecule has 2 aromatic rings. The second-order valence-electron chi connectivity index (χ2n) is 6.85. The average molecular weight is 282 g/mol. The van der Waals surface area contributed by atoms with Crippen molar-refractivity contribution < 1.29 is 4.79 Å². The van der Waals surface area contributed by atoms with Gasteiger partial charge in [-0.3, -0.25) is 4.79 Å². The summed E-state index contributed by atoms with van der Waals surface area (Å²) in [6.45, 7) is 2.18. The van der Waals surface area contributed by atoms with Crippen LogP contribution in [0.15, 0.2) is 30.5 Å². The number of carbonyl (C=O) groups is 1. The van der Waals surface area contributed by atoms with E-state index in [0.29, 0.717) is 5.92 Å². The van der Waals surface area contributed by atoms with Gasteiger partial charge in [0.2, 0.25) is 0 Å². The molecule has 1 amide bonds. The van der Waals surface area contributed by atoms with Gasteiger partial charge in [0, 0.05) is 23.1 Å². The van der Waals surface area contributed by atoms with E-state index in [1.807, 2.05) is 30.5 Å². The van der Waals surface area contributed by atoms with Gasteiger partial charge >= 0.3 is 0 Å². The zero-order chi connectivity index (χ0) is 14.4. The predicted octanol–water partition coefficient (Wildman–Crippen LogP) is 3.72. The van der Waals surface area contributed by atoms with Crippen LogP contribution >= 0.6 is 0 Å². The summed E-state index contributed by atoms with van der Waals surface area (Å²) in [6.07, 6.45) is 7.29. The summed E-state index contributed by atoms with van der Waals surface area (Å²) in [7, 11) is 0. The Bertz CT molecular complexity index is 675. The van der Waals surface area contributed by atoms with Crippen LogP contribution in [0.5, 0.6) is 0 Å². The number of rotatable bonds is 3. The molecule has 4 unspecified atom stereocenters. The van der Waals surface area contributed by atoms with E-state index in [-0.39, 0.29) is 11.9 Å². The molecule has 0 radical (unpaired) electrons. The molecule has 2 saturated carbocycles. The molecule has 2 bridgehead atoms. The van der Waals surface area contributed by atoms with Crippen LogP contribution in [0.4, 0.5) is 0 Å². The molecule has 110 valence electrons.